The highest BCUT2D eigenvalue weighted by Crippen LogP contribution is 2.37. The molecule has 1 spiro atoms. The van der Waals surface area contributed by atoms with Crippen molar-refractivity contribution in [1.29, 1.82) is 0 Å². The maximum atomic E-state index is 12.7. The summed E-state index contributed by atoms with van der Waals surface area (Å²) < 4.78 is 34.4. The zero-order valence-electron chi connectivity index (χ0n) is 11.8. The number of hydrogen-bond donors (Lipinski definition) is 0. The molecule has 112 valence electrons. The van der Waals surface area contributed by atoms with Crippen molar-refractivity contribution in [1.82, 2.24) is 14.1 Å². The first-order chi connectivity index (χ1) is 9.56. The van der Waals surface area contributed by atoms with E-state index in [0.29, 0.717) is 26.2 Å². The van der Waals surface area contributed by atoms with Crippen molar-refractivity contribution in [2.24, 2.45) is 0 Å². The summed E-state index contributed by atoms with van der Waals surface area (Å²) in [4.78, 5) is 0.286. The van der Waals surface area contributed by atoms with Gasteiger partial charge in [0.05, 0.1) is 18.4 Å². The van der Waals surface area contributed by atoms with Crippen molar-refractivity contribution >= 4 is 10.0 Å². The van der Waals surface area contributed by atoms with E-state index in [1.54, 1.807) is 15.2 Å². The molecule has 2 heterocycles. The second-order valence-electron chi connectivity index (χ2n) is 5.61. The van der Waals surface area contributed by atoms with E-state index in [4.69, 9.17) is 4.74 Å². The number of hydrogen-bond acceptors (Lipinski definition) is 4. The number of rotatable bonds is 3. The van der Waals surface area contributed by atoms with Crippen LogP contribution >= 0.6 is 0 Å². The fourth-order valence-electron chi connectivity index (χ4n) is 3.14. The molecule has 1 aliphatic carbocycles. The molecule has 20 heavy (non-hydrogen) atoms. The molecule has 1 aromatic heterocycles. The zero-order chi connectivity index (χ0) is 14.2. The highest BCUT2D eigenvalue weighted by Gasteiger charge is 2.43. The van der Waals surface area contributed by atoms with Crippen LogP contribution in [0.3, 0.4) is 0 Å². The van der Waals surface area contributed by atoms with Crippen molar-refractivity contribution < 1.29 is 13.2 Å². The van der Waals surface area contributed by atoms with Gasteiger partial charge in [-0.1, -0.05) is 12.8 Å². The molecule has 0 radical (unpaired) electrons. The maximum Gasteiger partial charge on any atom is 0.246 e. The Morgan fingerprint density at radius 1 is 1.40 bits per heavy atom. The third kappa shape index (κ3) is 2.38. The van der Waals surface area contributed by atoms with Crippen LogP contribution < -0.4 is 0 Å². The first-order valence-corrected chi connectivity index (χ1v) is 8.66. The van der Waals surface area contributed by atoms with Gasteiger partial charge in [-0.25, -0.2) is 8.42 Å². The fraction of sp³-hybridized carbons (Fsp3) is 0.769. The Balaban J connectivity index is 1.83. The second kappa shape index (κ2) is 5.13. The second-order valence-corrected chi connectivity index (χ2v) is 7.55. The van der Waals surface area contributed by atoms with Crippen molar-refractivity contribution in [2.75, 3.05) is 19.7 Å². The van der Waals surface area contributed by atoms with Gasteiger partial charge in [0.1, 0.15) is 4.90 Å². The molecule has 0 amide bonds. The Labute approximate surface area is 119 Å². The Hall–Kier alpha value is -0.920. The number of nitrogens with zero attached hydrogens (tertiary/aromatic N) is 3. The summed E-state index contributed by atoms with van der Waals surface area (Å²) in [5, 5.41) is 4.06. The number of aromatic nitrogens is 2. The predicted molar refractivity (Wildman–Crippen MR) is 73.8 cm³/mol. The monoisotopic (exact) mass is 299 g/mol. The van der Waals surface area contributed by atoms with Crippen LogP contribution in [0.25, 0.3) is 0 Å². The molecule has 2 fully saturated rings. The van der Waals surface area contributed by atoms with Crippen LogP contribution in [0, 0.1) is 0 Å². The lowest BCUT2D eigenvalue weighted by molar-refractivity contribution is -0.0842. The van der Waals surface area contributed by atoms with Gasteiger partial charge in [-0.15, -0.1) is 0 Å². The lowest BCUT2D eigenvalue weighted by atomic mass is 10.0. The van der Waals surface area contributed by atoms with E-state index in [1.807, 2.05) is 6.92 Å². The highest BCUT2D eigenvalue weighted by molar-refractivity contribution is 7.89. The zero-order valence-corrected chi connectivity index (χ0v) is 12.6. The van der Waals surface area contributed by atoms with E-state index in [0.717, 1.165) is 25.7 Å². The Kier molecular flexibility index (Phi) is 3.60. The molecule has 6 nitrogen and oxygen atoms in total. The largest absolute Gasteiger partial charge is 0.372 e. The molecule has 1 aliphatic heterocycles. The lowest BCUT2D eigenvalue weighted by Gasteiger charge is -2.39. The van der Waals surface area contributed by atoms with Gasteiger partial charge in [-0.3, -0.25) is 4.68 Å². The van der Waals surface area contributed by atoms with Crippen molar-refractivity contribution in [3.63, 3.8) is 0 Å². The van der Waals surface area contributed by atoms with Crippen molar-refractivity contribution in [3.05, 3.63) is 12.4 Å². The van der Waals surface area contributed by atoms with Gasteiger partial charge in [-0.05, 0) is 19.8 Å². The number of sulfonamides is 1. The van der Waals surface area contributed by atoms with Crippen molar-refractivity contribution in [2.45, 2.75) is 49.6 Å². The smallest absolute Gasteiger partial charge is 0.246 e. The van der Waals surface area contributed by atoms with E-state index in [-0.39, 0.29) is 10.5 Å². The number of aryl methyl sites for hydroxylation is 1. The van der Waals surface area contributed by atoms with Crippen LogP contribution in [0.5, 0.6) is 0 Å². The fourth-order valence-corrected chi connectivity index (χ4v) is 4.59. The molecule has 0 atom stereocenters. The Bertz CT molecular complexity index is 575. The van der Waals surface area contributed by atoms with Crippen LogP contribution in [0.2, 0.25) is 0 Å². The van der Waals surface area contributed by atoms with Crippen LogP contribution in [0.15, 0.2) is 17.3 Å². The lowest BCUT2D eigenvalue weighted by Crippen LogP contribution is -2.52. The first-order valence-electron chi connectivity index (χ1n) is 7.22. The predicted octanol–water partition coefficient (Wildman–Crippen LogP) is 1.24. The van der Waals surface area contributed by atoms with Gasteiger partial charge in [0.2, 0.25) is 10.0 Å². The van der Waals surface area contributed by atoms with Gasteiger partial charge >= 0.3 is 0 Å². The Morgan fingerprint density at radius 2 is 2.15 bits per heavy atom. The molecule has 0 unspecified atom stereocenters. The number of ether oxygens (including phenoxy) is 1. The van der Waals surface area contributed by atoms with E-state index in [2.05, 4.69) is 5.10 Å². The number of morpholine rings is 1. The summed E-state index contributed by atoms with van der Waals surface area (Å²) in [7, 11) is -3.44. The topological polar surface area (TPSA) is 64.4 Å². The van der Waals surface area contributed by atoms with E-state index in [1.165, 1.54) is 6.20 Å². The molecule has 0 N–H and O–H groups in total. The minimum atomic E-state index is -3.44. The molecule has 3 rings (SSSR count). The van der Waals surface area contributed by atoms with Gasteiger partial charge < -0.3 is 4.74 Å². The molecule has 1 saturated heterocycles. The molecule has 1 saturated carbocycles. The SMILES string of the molecule is CCn1cc(S(=O)(=O)N2CCOC3(CCCC3)C2)cn1. The minimum Gasteiger partial charge on any atom is -0.372 e. The summed E-state index contributed by atoms with van der Waals surface area (Å²) in [6.45, 7) is 4.00. The minimum absolute atomic E-state index is 0.244. The van der Waals surface area contributed by atoms with Gasteiger partial charge in [0.25, 0.3) is 0 Å². The summed E-state index contributed by atoms with van der Waals surface area (Å²) in [6, 6.07) is 0. The van der Waals surface area contributed by atoms with E-state index < -0.39 is 10.0 Å². The first kappa shape index (κ1) is 14.0. The van der Waals surface area contributed by atoms with Gasteiger partial charge in [-0.2, -0.15) is 9.40 Å². The molecule has 1 aromatic rings. The average molecular weight is 299 g/mol. The summed E-state index contributed by atoms with van der Waals surface area (Å²) >= 11 is 0. The van der Waals surface area contributed by atoms with Crippen LogP contribution in [0.4, 0.5) is 0 Å². The average Bonchev–Trinajstić information content (AvgIpc) is 3.08. The Morgan fingerprint density at radius 3 is 2.80 bits per heavy atom. The van der Waals surface area contributed by atoms with E-state index >= 15 is 0 Å². The van der Waals surface area contributed by atoms with Crippen molar-refractivity contribution in [3.8, 4) is 0 Å². The molecular formula is C13H21N3O3S. The van der Waals surface area contributed by atoms with Crippen LogP contribution in [-0.4, -0.2) is 47.8 Å². The molecular weight excluding hydrogens is 278 g/mol. The highest BCUT2D eigenvalue weighted by atomic mass is 32.2. The molecule has 2 aliphatic rings. The van der Waals surface area contributed by atoms with Gasteiger partial charge in [0.15, 0.2) is 0 Å². The van der Waals surface area contributed by atoms with E-state index in [9.17, 15) is 8.42 Å². The van der Waals surface area contributed by atoms with Gasteiger partial charge in [0, 0.05) is 25.8 Å². The third-order valence-electron chi connectivity index (χ3n) is 4.30. The quantitative estimate of drug-likeness (QED) is 0.842. The molecule has 7 heteroatoms. The molecule has 0 bridgehead atoms. The standard InChI is InChI=1S/C13H21N3O3S/c1-2-15-10-12(9-14-15)20(17,18)16-7-8-19-13(11-16)5-3-4-6-13/h9-10H,2-8,11H2,1H3. The summed E-state index contributed by atoms with van der Waals surface area (Å²) in [5.74, 6) is 0. The van der Waals surface area contributed by atoms with Crippen LogP contribution in [-0.2, 0) is 21.3 Å². The maximum absolute atomic E-state index is 12.7. The summed E-state index contributed by atoms with van der Waals surface area (Å²) in [5.41, 5.74) is -0.244. The summed E-state index contributed by atoms with van der Waals surface area (Å²) in [6.07, 6.45) is 7.23. The normalized spacial score (nSPS) is 23.4. The molecule has 0 aromatic carbocycles. The van der Waals surface area contributed by atoms with Crippen LogP contribution in [0.1, 0.15) is 32.6 Å². The third-order valence-corrected chi connectivity index (χ3v) is 6.10.